The number of aliphatic carboxylic acids is 1. The van der Waals surface area contributed by atoms with Gasteiger partial charge in [-0.1, -0.05) is 19.9 Å². The topological polar surface area (TPSA) is 95.9 Å². The monoisotopic (exact) mass is 348 g/mol. The number of carbonyl (C=O) groups excluding carboxylic acids is 2. The van der Waals surface area contributed by atoms with Crippen molar-refractivity contribution in [3.63, 3.8) is 0 Å². The molecule has 0 unspecified atom stereocenters. The van der Waals surface area contributed by atoms with Gasteiger partial charge >= 0.3 is 5.97 Å². The van der Waals surface area contributed by atoms with E-state index >= 15 is 0 Å². The number of ether oxygens (including phenoxy) is 1. The maximum absolute atomic E-state index is 12.5. The third-order valence-electron chi connectivity index (χ3n) is 3.96. The van der Waals surface area contributed by atoms with Crippen LogP contribution in [0.2, 0.25) is 0 Å². The second kappa shape index (κ2) is 8.11. The van der Waals surface area contributed by atoms with Crippen LogP contribution in [0.3, 0.4) is 0 Å². The molecular weight excluding hydrogens is 324 g/mol. The normalized spacial score (nSPS) is 14.9. The zero-order valence-electron chi connectivity index (χ0n) is 14.6. The van der Waals surface area contributed by atoms with Crippen LogP contribution in [-0.2, 0) is 14.3 Å². The molecule has 136 valence electrons. The van der Waals surface area contributed by atoms with Gasteiger partial charge in [0.1, 0.15) is 0 Å². The fraction of sp³-hybridized carbons (Fsp3) is 0.500. The van der Waals surface area contributed by atoms with Crippen molar-refractivity contribution in [1.29, 1.82) is 0 Å². The molecule has 0 bridgehead atoms. The second-order valence-corrected chi connectivity index (χ2v) is 6.95. The summed E-state index contributed by atoms with van der Waals surface area (Å²) in [5.41, 5.74) is 0.386. The highest BCUT2D eigenvalue weighted by Gasteiger charge is 2.25. The molecule has 7 nitrogen and oxygen atoms in total. The number of carboxylic acid groups (broad SMARTS) is 1. The summed E-state index contributed by atoms with van der Waals surface area (Å²) in [7, 11) is 0. The second-order valence-electron chi connectivity index (χ2n) is 6.95. The van der Waals surface area contributed by atoms with Crippen LogP contribution in [0.5, 0.6) is 0 Å². The summed E-state index contributed by atoms with van der Waals surface area (Å²) in [6.07, 6.45) is -0.00306. The molecule has 0 radical (unpaired) electrons. The van der Waals surface area contributed by atoms with Gasteiger partial charge in [0.05, 0.1) is 19.6 Å². The number of morpholine rings is 1. The van der Waals surface area contributed by atoms with Crippen molar-refractivity contribution in [2.75, 3.05) is 31.6 Å². The average Bonchev–Trinajstić information content (AvgIpc) is 2.53. The van der Waals surface area contributed by atoms with Crippen molar-refractivity contribution in [1.82, 2.24) is 4.90 Å². The number of hydrogen-bond donors (Lipinski definition) is 2. The zero-order valence-corrected chi connectivity index (χ0v) is 14.6. The van der Waals surface area contributed by atoms with Crippen LogP contribution < -0.4 is 5.32 Å². The summed E-state index contributed by atoms with van der Waals surface area (Å²) in [4.78, 5) is 37.2. The van der Waals surface area contributed by atoms with E-state index in [1.807, 2.05) is 0 Å². The predicted molar refractivity (Wildman–Crippen MR) is 92.4 cm³/mol. The maximum Gasteiger partial charge on any atom is 0.303 e. The fourth-order valence-corrected chi connectivity index (χ4v) is 2.79. The van der Waals surface area contributed by atoms with Gasteiger partial charge in [0.25, 0.3) is 5.91 Å². The van der Waals surface area contributed by atoms with Crippen LogP contribution >= 0.6 is 0 Å². The Labute approximate surface area is 147 Å². The van der Waals surface area contributed by atoms with Crippen LogP contribution in [0.4, 0.5) is 5.69 Å². The molecule has 0 atom stereocenters. The van der Waals surface area contributed by atoms with Crippen LogP contribution in [0, 0.1) is 5.41 Å². The molecule has 0 spiro atoms. The summed E-state index contributed by atoms with van der Waals surface area (Å²) in [6.45, 7) is 5.64. The molecule has 2 rings (SSSR count). The SMILES string of the molecule is CC(C)(CC(=O)O)CC(=O)Nc1cccc(C(=O)N2CCOCC2)c1. The van der Waals surface area contributed by atoms with E-state index in [9.17, 15) is 14.4 Å². The molecule has 1 aliphatic heterocycles. The van der Waals surface area contributed by atoms with Gasteiger partial charge in [-0.15, -0.1) is 0 Å². The molecule has 1 fully saturated rings. The predicted octanol–water partition coefficient (Wildman–Crippen LogP) is 1.99. The minimum Gasteiger partial charge on any atom is -0.481 e. The molecule has 2 N–H and O–H groups in total. The molecule has 1 aromatic carbocycles. The van der Waals surface area contributed by atoms with Crippen molar-refractivity contribution < 1.29 is 24.2 Å². The first-order valence-corrected chi connectivity index (χ1v) is 8.25. The smallest absolute Gasteiger partial charge is 0.303 e. The van der Waals surface area contributed by atoms with Crippen molar-refractivity contribution in [3.05, 3.63) is 29.8 Å². The number of nitrogens with one attached hydrogen (secondary N) is 1. The molecule has 25 heavy (non-hydrogen) atoms. The molecule has 0 aromatic heterocycles. The number of carboxylic acids is 1. The number of nitrogens with zero attached hydrogens (tertiary/aromatic N) is 1. The molecule has 2 amide bonds. The first-order valence-electron chi connectivity index (χ1n) is 8.25. The number of amides is 2. The molecular formula is C18H24N2O5. The molecule has 1 saturated heterocycles. The van der Waals surface area contributed by atoms with Gasteiger partial charge in [-0.25, -0.2) is 0 Å². The first kappa shape index (κ1) is 18.9. The number of carbonyl (C=O) groups is 3. The van der Waals surface area contributed by atoms with Gasteiger partial charge in [0.2, 0.25) is 5.91 Å². The van der Waals surface area contributed by atoms with E-state index in [2.05, 4.69) is 5.32 Å². The van der Waals surface area contributed by atoms with Crippen molar-refractivity contribution in [3.8, 4) is 0 Å². The number of benzene rings is 1. The van der Waals surface area contributed by atoms with Crippen LogP contribution in [0.25, 0.3) is 0 Å². The Hall–Kier alpha value is -2.41. The summed E-state index contributed by atoms with van der Waals surface area (Å²) >= 11 is 0. The molecule has 0 saturated carbocycles. The standard InChI is InChI=1S/C18H24N2O5/c1-18(2,12-16(22)23)11-15(21)19-14-5-3-4-13(10-14)17(24)20-6-8-25-9-7-20/h3-5,10H,6-9,11-12H2,1-2H3,(H,19,21)(H,22,23). The lowest BCUT2D eigenvalue weighted by atomic mass is 9.85. The van der Waals surface area contributed by atoms with E-state index < -0.39 is 11.4 Å². The summed E-state index contributed by atoms with van der Waals surface area (Å²) in [6, 6.07) is 6.77. The highest BCUT2D eigenvalue weighted by molar-refractivity contribution is 5.97. The van der Waals surface area contributed by atoms with Gasteiger partial charge in [0, 0.05) is 30.8 Å². The highest BCUT2D eigenvalue weighted by atomic mass is 16.5. The lowest BCUT2D eigenvalue weighted by Gasteiger charge is -2.27. The Morgan fingerprint density at radius 1 is 1.20 bits per heavy atom. The van der Waals surface area contributed by atoms with E-state index in [1.54, 1.807) is 43.0 Å². The van der Waals surface area contributed by atoms with E-state index in [1.165, 1.54) is 0 Å². The van der Waals surface area contributed by atoms with Crippen LogP contribution in [-0.4, -0.2) is 54.1 Å². The van der Waals surface area contributed by atoms with Crippen LogP contribution in [0.1, 0.15) is 37.0 Å². The highest BCUT2D eigenvalue weighted by Crippen LogP contribution is 2.25. The zero-order chi connectivity index (χ0) is 18.4. The summed E-state index contributed by atoms with van der Waals surface area (Å²) < 4.78 is 5.24. The first-order chi connectivity index (χ1) is 11.8. The number of rotatable bonds is 6. The average molecular weight is 348 g/mol. The largest absolute Gasteiger partial charge is 0.481 e. The van der Waals surface area contributed by atoms with Gasteiger partial charge in [-0.2, -0.15) is 0 Å². The minimum absolute atomic E-state index is 0.0843. The van der Waals surface area contributed by atoms with E-state index in [0.29, 0.717) is 37.6 Å². The maximum atomic E-state index is 12.5. The van der Waals surface area contributed by atoms with E-state index in [4.69, 9.17) is 9.84 Å². The fourth-order valence-electron chi connectivity index (χ4n) is 2.79. The van der Waals surface area contributed by atoms with Crippen molar-refractivity contribution >= 4 is 23.5 Å². The molecule has 1 aliphatic rings. The Balaban J connectivity index is 1.99. The number of anilines is 1. The quantitative estimate of drug-likeness (QED) is 0.819. The Bertz CT molecular complexity index is 651. The molecule has 1 aromatic rings. The summed E-state index contributed by atoms with van der Waals surface area (Å²) in [5, 5.41) is 11.6. The van der Waals surface area contributed by atoms with Gasteiger partial charge in [0.15, 0.2) is 0 Å². The van der Waals surface area contributed by atoms with E-state index in [0.717, 1.165) is 0 Å². The van der Waals surface area contributed by atoms with Crippen molar-refractivity contribution in [2.24, 2.45) is 5.41 Å². The summed E-state index contributed by atoms with van der Waals surface area (Å²) in [5.74, 6) is -1.30. The molecule has 7 heteroatoms. The van der Waals surface area contributed by atoms with Gasteiger partial charge < -0.3 is 20.1 Å². The Morgan fingerprint density at radius 2 is 1.88 bits per heavy atom. The van der Waals surface area contributed by atoms with Gasteiger partial charge in [-0.05, 0) is 23.6 Å². The minimum atomic E-state index is -0.934. The molecule has 0 aliphatic carbocycles. The van der Waals surface area contributed by atoms with Crippen molar-refractivity contribution in [2.45, 2.75) is 26.7 Å². The Kier molecular flexibility index (Phi) is 6.14. The van der Waals surface area contributed by atoms with Crippen LogP contribution in [0.15, 0.2) is 24.3 Å². The lowest BCUT2D eigenvalue weighted by molar-refractivity contribution is -0.139. The molecule has 1 heterocycles. The third-order valence-corrected chi connectivity index (χ3v) is 3.96. The lowest BCUT2D eigenvalue weighted by Crippen LogP contribution is -2.40. The number of hydrogen-bond acceptors (Lipinski definition) is 4. The van der Waals surface area contributed by atoms with Gasteiger partial charge in [-0.3, -0.25) is 14.4 Å². The third kappa shape index (κ3) is 5.86. The Morgan fingerprint density at radius 3 is 2.52 bits per heavy atom. The van der Waals surface area contributed by atoms with E-state index in [-0.39, 0.29) is 24.7 Å².